The van der Waals surface area contributed by atoms with Crippen LogP contribution >= 0.6 is 0 Å². The predicted octanol–water partition coefficient (Wildman–Crippen LogP) is 2.03. The van der Waals surface area contributed by atoms with Gasteiger partial charge in [0.05, 0.1) is 0 Å². The molecule has 0 spiro atoms. The Balaban J connectivity index is 2.47. The quantitative estimate of drug-likeness (QED) is 0.689. The third-order valence-electron chi connectivity index (χ3n) is 3.25. The van der Waals surface area contributed by atoms with Crippen molar-refractivity contribution in [2.24, 2.45) is 5.92 Å². The van der Waals surface area contributed by atoms with Crippen LogP contribution in [-0.2, 0) is 14.8 Å². The Labute approximate surface area is 125 Å². The first-order valence-corrected chi connectivity index (χ1v) is 8.55. The molecule has 1 atom stereocenters. The fraction of sp³-hybridized carbons (Fsp3) is 0.571. The Kier molecular flexibility index (Phi) is 7.31. The average molecular weight is 314 g/mol. The van der Waals surface area contributed by atoms with Crippen LogP contribution in [0.3, 0.4) is 0 Å². The van der Waals surface area contributed by atoms with Gasteiger partial charge in [0.2, 0.25) is 10.0 Å². The lowest BCUT2D eigenvalue weighted by molar-refractivity contribution is -0.137. The van der Waals surface area contributed by atoms with E-state index < -0.39 is 16.0 Å². The Morgan fingerprint density at radius 3 is 2.71 bits per heavy atom. The number of sulfonamides is 1. The van der Waals surface area contributed by atoms with E-state index in [1.807, 2.05) is 6.92 Å². The molecule has 0 saturated carbocycles. The molecule has 0 saturated heterocycles. The number of carboxylic acid groups (broad SMARTS) is 1. The van der Waals surface area contributed by atoms with E-state index in [-0.39, 0.29) is 17.2 Å². The fourth-order valence-corrected chi connectivity index (χ4v) is 3.17. The molecule has 1 aromatic rings. The highest BCUT2D eigenvalue weighted by Gasteiger charge is 2.15. The van der Waals surface area contributed by atoms with E-state index >= 15 is 0 Å². The SMILES string of the molecule is CCCC(CCNS(=O)(=O)c1cccnc1)CCC(=O)O. The van der Waals surface area contributed by atoms with Crippen molar-refractivity contribution >= 4 is 16.0 Å². The number of rotatable bonds is 10. The summed E-state index contributed by atoms with van der Waals surface area (Å²) in [5.41, 5.74) is 0. The van der Waals surface area contributed by atoms with Crippen molar-refractivity contribution in [1.29, 1.82) is 0 Å². The normalized spacial score (nSPS) is 13.0. The Bertz CT molecular complexity index is 531. The molecule has 0 aliphatic carbocycles. The summed E-state index contributed by atoms with van der Waals surface area (Å²) in [6.45, 7) is 2.34. The van der Waals surface area contributed by atoms with E-state index in [0.717, 1.165) is 12.8 Å². The summed E-state index contributed by atoms with van der Waals surface area (Å²) in [5.74, 6) is -0.588. The van der Waals surface area contributed by atoms with Gasteiger partial charge in [-0.1, -0.05) is 19.8 Å². The van der Waals surface area contributed by atoms with Gasteiger partial charge in [0.15, 0.2) is 0 Å². The second-order valence-electron chi connectivity index (χ2n) is 4.96. The number of aromatic nitrogens is 1. The summed E-state index contributed by atoms with van der Waals surface area (Å²) in [6, 6.07) is 3.06. The molecular formula is C14H22N2O4S. The molecule has 1 aromatic heterocycles. The monoisotopic (exact) mass is 314 g/mol. The summed E-state index contributed by atoms with van der Waals surface area (Å²) in [5, 5.41) is 8.72. The highest BCUT2D eigenvalue weighted by atomic mass is 32.2. The molecule has 0 amide bonds. The lowest BCUT2D eigenvalue weighted by Crippen LogP contribution is -2.26. The number of aliphatic carboxylic acids is 1. The van der Waals surface area contributed by atoms with Crippen molar-refractivity contribution in [1.82, 2.24) is 9.71 Å². The minimum absolute atomic E-state index is 0.125. The highest BCUT2D eigenvalue weighted by Crippen LogP contribution is 2.17. The summed E-state index contributed by atoms with van der Waals surface area (Å²) >= 11 is 0. The van der Waals surface area contributed by atoms with Crippen LogP contribution in [0.5, 0.6) is 0 Å². The number of pyridine rings is 1. The van der Waals surface area contributed by atoms with E-state index in [1.54, 1.807) is 6.07 Å². The Hall–Kier alpha value is -1.47. The first-order valence-electron chi connectivity index (χ1n) is 7.07. The van der Waals surface area contributed by atoms with Crippen LogP contribution in [0.4, 0.5) is 0 Å². The molecule has 0 bridgehead atoms. The van der Waals surface area contributed by atoms with Gasteiger partial charge in [0.25, 0.3) is 0 Å². The number of carbonyl (C=O) groups is 1. The van der Waals surface area contributed by atoms with Gasteiger partial charge in [-0.25, -0.2) is 13.1 Å². The van der Waals surface area contributed by atoms with Crippen LogP contribution in [-0.4, -0.2) is 31.0 Å². The van der Waals surface area contributed by atoms with Crippen LogP contribution in [0.1, 0.15) is 39.0 Å². The lowest BCUT2D eigenvalue weighted by Gasteiger charge is -2.15. The smallest absolute Gasteiger partial charge is 0.303 e. The van der Waals surface area contributed by atoms with E-state index in [9.17, 15) is 13.2 Å². The van der Waals surface area contributed by atoms with Gasteiger partial charge in [-0.05, 0) is 30.9 Å². The molecule has 118 valence electrons. The third-order valence-corrected chi connectivity index (χ3v) is 4.70. The van der Waals surface area contributed by atoms with Crippen LogP contribution in [0.15, 0.2) is 29.4 Å². The van der Waals surface area contributed by atoms with Crippen molar-refractivity contribution in [2.45, 2.75) is 43.9 Å². The van der Waals surface area contributed by atoms with E-state index in [0.29, 0.717) is 19.4 Å². The predicted molar refractivity (Wildman–Crippen MR) is 79.3 cm³/mol. The van der Waals surface area contributed by atoms with Crippen LogP contribution in [0, 0.1) is 5.92 Å². The van der Waals surface area contributed by atoms with Gasteiger partial charge >= 0.3 is 5.97 Å². The Morgan fingerprint density at radius 1 is 1.38 bits per heavy atom. The standard InChI is InChI=1S/C14H22N2O4S/c1-2-4-12(6-7-14(17)18)8-10-16-21(19,20)13-5-3-9-15-11-13/h3,5,9,11-12,16H,2,4,6-8,10H2,1H3,(H,17,18). The van der Waals surface area contributed by atoms with Gasteiger partial charge in [0, 0.05) is 25.4 Å². The van der Waals surface area contributed by atoms with Gasteiger partial charge in [0.1, 0.15) is 4.90 Å². The first kappa shape index (κ1) is 17.6. The number of hydrogen-bond acceptors (Lipinski definition) is 4. The topological polar surface area (TPSA) is 96.4 Å². The van der Waals surface area contributed by atoms with Gasteiger partial charge in [-0.2, -0.15) is 0 Å². The molecule has 1 unspecified atom stereocenters. The number of nitrogens with zero attached hydrogens (tertiary/aromatic N) is 1. The number of nitrogens with one attached hydrogen (secondary N) is 1. The lowest BCUT2D eigenvalue weighted by atomic mass is 9.95. The summed E-state index contributed by atoms with van der Waals surface area (Å²) < 4.78 is 26.5. The zero-order valence-corrected chi connectivity index (χ0v) is 13.0. The molecule has 0 aliphatic heterocycles. The van der Waals surface area contributed by atoms with Crippen LogP contribution in [0.2, 0.25) is 0 Å². The van der Waals surface area contributed by atoms with Crippen molar-refractivity contribution in [3.63, 3.8) is 0 Å². The van der Waals surface area contributed by atoms with Crippen molar-refractivity contribution in [3.8, 4) is 0 Å². The molecule has 7 heteroatoms. The molecule has 1 rings (SSSR count). The molecule has 2 N–H and O–H groups in total. The molecule has 1 heterocycles. The maximum atomic E-state index is 12.0. The molecule has 0 aliphatic rings. The summed E-state index contributed by atoms with van der Waals surface area (Å²) in [6.07, 6.45) is 6.03. The largest absolute Gasteiger partial charge is 0.481 e. The zero-order valence-electron chi connectivity index (χ0n) is 12.2. The fourth-order valence-electron chi connectivity index (χ4n) is 2.16. The minimum atomic E-state index is -3.53. The molecular weight excluding hydrogens is 292 g/mol. The average Bonchev–Trinajstić information content (AvgIpc) is 2.45. The van der Waals surface area contributed by atoms with Crippen molar-refractivity contribution in [3.05, 3.63) is 24.5 Å². The molecule has 0 aromatic carbocycles. The Morgan fingerprint density at radius 2 is 2.14 bits per heavy atom. The van der Waals surface area contributed by atoms with E-state index in [1.165, 1.54) is 18.5 Å². The first-order chi connectivity index (χ1) is 9.95. The van der Waals surface area contributed by atoms with E-state index in [2.05, 4.69) is 9.71 Å². The maximum Gasteiger partial charge on any atom is 0.303 e. The second-order valence-corrected chi connectivity index (χ2v) is 6.73. The van der Waals surface area contributed by atoms with Crippen molar-refractivity contribution < 1.29 is 18.3 Å². The van der Waals surface area contributed by atoms with Gasteiger partial charge < -0.3 is 5.11 Å². The van der Waals surface area contributed by atoms with Crippen LogP contribution in [0.25, 0.3) is 0 Å². The molecule has 6 nitrogen and oxygen atoms in total. The summed E-state index contributed by atoms with van der Waals surface area (Å²) in [4.78, 5) is 14.5. The zero-order chi connectivity index (χ0) is 15.7. The summed E-state index contributed by atoms with van der Waals surface area (Å²) in [7, 11) is -3.53. The van der Waals surface area contributed by atoms with E-state index in [4.69, 9.17) is 5.11 Å². The van der Waals surface area contributed by atoms with Gasteiger partial charge in [-0.15, -0.1) is 0 Å². The molecule has 0 radical (unpaired) electrons. The third kappa shape index (κ3) is 6.68. The minimum Gasteiger partial charge on any atom is -0.481 e. The second kappa shape index (κ2) is 8.74. The molecule has 21 heavy (non-hydrogen) atoms. The number of hydrogen-bond donors (Lipinski definition) is 2. The molecule has 0 fully saturated rings. The van der Waals surface area contributed by atoms with Gasteiger partial charge in [-0.3, -0.25) is 9.78 Å². The van der Waals surface area contributed by atoms with Crippen LogP contribution < -0.4 is 4.72 Å². The maximum absolute atomic E-state index is 12.0. The van der Waals surface area contributed by atoms with Crippen molar-refractivity contribution in [2.75, 3.05) is 6.54 Å². The number of carboxylic acids is 1. The highest BCUT2D eigenvalue weighted by molar-refractivity contribution is 7.89.